The monoisotopic (exact) mass is 520 g/mol. The van der Waals surface area contributed by atoms with Gasteiger partial charge < -0.3 is 19.1 Å². The summed E-state index contributed by atoms with van der Waals surface area (Å²) in [5.74, 6) is 0.767. The van der Waals surface area contributed by atoms with Crippen molar-refractivity contribution in [1.82, 2.24) is 9.88 Å². The van der Waals surface area contributed by atoms with E-state index in [0.29, 0.717) is 18.0 Å². The summed E-state index contributed by atoms with van der Waals surface area (Å²) < 4.78 is 40.2. The SMILES string of the molecule is COc1ccc(S(=O)(=O)[N-]c2cncc(-c3ccc(-c4ccc5c(c4)CN(C)C5=O)s3)c2)cc1OC. The Labute approximate surface area is 213 Å². The lowest BCUT2D eigenvalue weighted by molar-refractivity contribution is 0.0816. The van der Waals surface area contributed by atoms with Crippen LogP contribution < -0.4 is 9.47 Å². The zero-order chi connectivity index (χ0) is 25.4. The summed E-state index contributed by atoms with van der Waals surface area (Å²) in [6, 6.07) is 15.9. The van der Waals surface area contributed by atoms with Crippen molar-refractivity contribution in [1.29, 1.82) is 0 Å². The molecule has 2 aromatic carbocycles. The Bertz CT molecular complexity index is 1580. The first-order valence-corrected chi connectivity index (χ1v) is 13.2. The van der Waals surface area contributed by atoms with Gasteiger partial charge in [0.1, 0.15) is 10.0 Å². The molecular weight excluding hydrogens is 498 g/mol. The van der Waals surface area contributed by atoms with E-state index in [1.165, 1.54) is 38.6 Å². The van der Waals surface area contributed by atoms with Gasteiger partial charge >= 0.3 is 0 Å². The van der Waals surface area contributed by atoms with Gasteiger partial charge in [-0.25, -0.2) is 8.42 Å². The molecule has 8 nitrogen and oxygen atoms in total. The van der Waals surface area contributed by atoms with Crippen LogP contribution in [0.1, 0.15) is 15.9 Å². The van der Waals surface area contributed by atoms with Crippen LogP contribution in [0.25, 0.3) is 25.6 Å². The normalized spacial score (nSPS) is 13.0. The Morgan fingerprint density at radius 2 is 1.67 bits per heavy atom. The predicted molar refractivity (Wildman–Crippen MR) is 139 cm³/mol. The van der Waals surface area contributed by atoms with Crippen LogP contribution >= 0.6 is 11.3 Å². The van der Waals surface area contributed by atoms with Gasteiger partial charge in [0.25, 0.3) is 5.91 Å². The molecule has 0 unspecified atom stereocenters. The lowest BCUT2D eigenvalue weighted by atomic mass is 10.1. The summed E-state index contributed by atoms with van der Waals surface area (Å²) in [5, 5.41) is 0. The standard InChI is InChI=1S/C26H22N3O5S2/c1-29-15-18-10-16(4-6-21(18)26(29)30)24-8-9-25(35-24)17-11-19(14-27-13-17)28-36(31,32)20-5-7-22(33-2)23(12-20)34-3/h4-14H,15H2,1-3H3/q-1. The van der Waals surface area contributed by atoms with Crippen molar-refractivity contribution in [2.24, 2.45) is 0 Å². The highest BCUT2D eigenvalue weighted by Gasteiger charge is 2.24. The van der Waals surface area contributed by atoms with E-state index in [-0.39, 0.29) is 16.5 Å². The zero-order valence-electron chi connectivity index (χ0n) is 19.8. The predicted octanol–water partition coefficient (Wildman–Crippen LogP) is 5.47. The molecule has 0 N–H and O–H groups in total. The van der Waals surface area contributed by atoms with Crippen LogP contribution in [-0.4, -0.2) is 45.5 Å². The van der Waals surface area contributed by atoms with Gasteiger partial charge in [-0.1, -0.05) is 12.1 Å². The maximum Gasteiger partial charge on any atom is 0.254 e. The number of carbonyl (C=O) groups is 1. The average molecular weight is 521 g/mol. The van der Waals surface area contributed by atoms with Crippen molar-refractivity contribution in [3.05, 3.63) is 82.8 Å². The van der Waals surface area contributed by atoms with Crippen molar-refractivity contribution in [2.75, 3.05) is 21.3 Å². The van der Waals surface area contributed by atoms with E-state index >= 15 is 0 Å². The molecule has 2 aromatic heterocycles. The molecule has 1 amide bonds. The van der Waals surface area contributed by atoms with Crippen molar-refractivity contribution in [3.8, 4) is 32.4 Å². The van der Waals surface area contributed by atoms with Crippen LogP contribution in [0.5, 0.6) is 11.5 Å². The fourth-order valence-corrected chi connectivity index (χ4v) is 6.01. The van der Waals surface area contributed by atoms with Crippen LogP contribution in [0.2, 0.25) is 0 Å². The van der Waals surface area contributed by atoms with E-state index in [2.05, 4.69) is 9.71 Å². The number of fused-ring (bicyclic) bond motifs is 1. The van der Waals surface area contributed by atoms with Crippen LogP contribution in [0, 0.1) is 0 Å². The number of thiophene rings is 1. The van der Waals surface area contributed by atoms with E-state index in [1.54, 1.807) is 35.5 Å². The fourth-order valence-electron chi connectivity index (χ4n) is 4.05. The topological polar surface area (TPSA) is 99.9 Å². The highest BCUT2D eigenvalue weighted by Crippen LogP contribution is 2.39. The molecule has 0 bridgehead atoms. The molecule has 184 valence electrons. The first-order chi connectivity index (χ1) is 17.3. The minimum Gasteiger partial charge on any atom is -0.571 e. The minimum atomic E-state index is -4.00. The van der Waals surface area contributed by atoms with Gasteiger partial charge in [-0.2, -0.15) is 0 Å². The molecule has 0 fully saturated rings. The van der Waals surface area contributed by atoms with E-state index in [9.17, 15) is 13.2 Å². The molecule has 36 heavy (non-hydrogen) atoms. The van der Waals surface area contributed by atoms with Gasteiger partial charge in [-0.3, -0.25) is 9.78 Å². The molecular formula is C26H22N3O5S2-. The number of amides is 1. The Balaban J connectivity index is 1.39. The molecule has 0 saturated carbocycles. The molecule has 0 aliphatic carbocycles. The number of sulfonamides is 1. The largest absolute Gasteiger partial charge is 0.571 e. The lowest BCUT2D eigenvalue weighted by Crippen LogP contribution is -2.17. The number of benzene rings is 2. The van der Waals surface area contributed by atoms with Gasteiger partial charge in [0, 0.05) is 52.9 Å². The Morgan fingerprint density at radius 3 is 2.42 bits per heavy atom. The molecule has 0 saturated heterocycles. The van der Waals surface area contributed by atoms with E-state index < -0.39 is 10.0 Å². The lowest BCUT2D eigenvalue weighted by Gasteiger charge is -2.22. The maximum atomic E-state index is 12.9. The number of carbonyl (C=O) groups excluding carboxylic acids is 1. The summed E-state index contributed by atoms with van der Waals surface area (Å²) in [7, 11) is 0.711. The Hall–Kier alpha value is -3.89. The molecule has 0 spiro atoms. The molecule has 0 radical (unpaired) electrons. The van der Waals surface area contributed by atoms with Crippen LogP contribution in [-0.2, 0) is 16.6 Å². The number of hydrogen-bond acceptors (Lipinski definition) is 7. The first kappa shape index (κ1) is 23.8. The van der Waals surface area contributed by atoms with Crippen LogP contribution in [0.4, 0.5) is 5.69 Å². The molecule has 3 heterocycles. The molecule has 0 atom stereocenters. The number of methoxy groups -OCH3 is 2. The minimum absolute atomic E-state index is 0.00954. The van der Waals surface area contributed by atoms with Crippen molar-refractivity contribution >= 4 is 33.0 Å². The number of aromatic nitrogens is 1. The van der Waals surface area contributed by atoms with E-state index in [1.807, 2.05) is 30.3 Å². The third kappa shape index (κ3) is 4.40. The smallest absolute Gasteiger partial charge is 0.254 e. The van der Waals surface area contributed by atoms with Gasteiger partial charge in [0.15, 0.2) is 11.5 Å². The second kappa shape index (κ2) is 9.29. The highest BCUT2D eigenvalue weighted by molar-refractivity contribution is 7.94. The molecule has 4 aromatic rings. The second-order valence-electron chi connectivity index (χ2n) is 8.21. The van der Waals surface area contributed by atoms with Crippen LogP contribution in [0.15, 0.2) is 71.9 Å². The van der Waals surface area contributed by atoms with Gasteiger partial charge in [-0.15, -0.1) is 17.0 Å². The maximum absolute atomic E-state index is 12.9. The molecule has 10 heteroatoms. The second-order valence-corrected chi connectivity index (χ2v) is 10.9. The van der Waals surface area contributed by atoms with Gasteiger partial charge in [0.2, 0.25) is 0 Å². The van der Waals surface area contributed by atoms with Crippen molar-refractivity contribution < 1.29 is 22.7 Å². The quantitative estimate of drug-likeness (QED) is 0.320. The summed E-state index contributed by atoms with van der Waals surface area (Å²) in [6.07, 6.45) is 3.08. The Morgan fingerprint density at radius 1 is 0.917 bits per heavy atom. The molecule has 1 aliphatic heterocycles. The molecule has 5 rings (SSSR count). The molecule has 1 aliphatic rings. The summed E-state index contributed by atoms with van der Waals surface area (Å²) in [6.45, 7) is 0.599. The summed E-state index contributed by atoms with van der Waals surface area (Å²) in [4.78, 5) is 20.0. The van der Waals surface area contributed by atoms with E-state index in [4.69, 9.17) is 9.47 Å². The third-order valence-electron chi connectivity index (χ3n) is 5.87. The third-order valence-corrected chi connectivity index (χ3v) is 8.35. The van der Waals surface area contributed by atoms with E-state index in [0.717, 1.165) is 32.0 Å². The number of hydrogen-bond donors (Lipinski definition) is 0. The number of ether oxygens (including phenoxy) is 2. The van der Waals surface area contributed by atoms with Crippen molar-refractivity contribution in [2.45, 2.75) is 11.4 Å². The zero-order valence-corrected chi connectivity index (χ0v) is 21.4. The Kier molecular flexibility index (Phi) is 6.15. The summed E-state index contributed by atoms with van der Waals surface area (Å²) in [5.41, 5.74) is 3.75. The van der Waals surface area contributed by atoms with Crippen molar-refractivity contribution in [3.63, 3.8) is 0 Å². The first-order valence-electron chi connectivity index (χ1n) is 10.9. The summed E-state index contributed by atoms with van der Waals surface area (Å²) >= 11 is 1.56. The fraction of sp³-hybridized carbons (Fsp3) is 0.154. The number of nitrogens with zero attached hydrogens (tertiary/aromatic N) is 3. The van der Waals surface area contributed by atoms with Crippen LogP contribution in [0.3, 0.4) is 0 Å². The van der Waals surface area contributed by atoms with Gasteiger partial charge in [-0.05, 0) is 47.5 Å². The number of pyridine rings is 1. The average Bonchev–Trinajstić information content (AvgIpc) is 3.48. The van der Waals surface area contributed by atoms with Gasteiger partial charge in [0.05, 0.1) is 19.1 Å². The highest BCUT2D eigenvalue weighted by atomic mass is 32.2. The number of rotatable bonds is 7.